The van der Waals surface area contributed by atoms with Gasteiger partial charge in [0.15, 0.2) is 0 Å². The van der Waals surface area contributed by atoms with Crippen molar-refractivity contribution in [1.29, 1.82) is 0 Å². The van der Waals surface area contributed by atoms with Crippen molar-refractivity contribution in [3.63, 3.8) is 0 Å². The maximum atomic E-state index is 11.2. The quantitative estimate of drug-likeness (QED) is 0.653. The van der Waals surface area contributed by atoms with Crippen LogP contribution < -0.4 is 14.4 Å². The predicted molar refractivity (Wildman–Crippen MR) is 67.5 cm³/mol. The Balaban J connectivity index is 2.87. The molecule has 1 rings (SSSR count). The summed E-state index contributed by atoms with van der Waals surface area (Å²) >= 11 is 0. The van der Waals surface area contributed by atoms with Crippen molar-refractivity contribution in [1.82, 2.24) is 15.0 Å². The fourth-order valence-corrected chi connectivity index (χ4v) is 1.38. The molecule has 0 aromatic carbocycles. The van der Waals surface area contributed by atoms with Crippen molar-refractivity contribution >= 4 is 11.9 Å². The smallest absolute Gasteiger partial charge is 0.324 e. The van der Waals surface area contributed by atoms with Gasteiger partial charge in [-0.3, -0.25) is 4.79 Å². The summed E-state index contributed by atoms with van der Waals surface area (Å²) in [5.74, 6) is 0.113. The summed E-state index contributed by atoms with van der Waals surface area (Å²) in [5, 5.41) is 0. The van der Waals surface area contributed by atoms with E-state index in [1.165, 1.54) is 21.3 Å². The zero-order chi connectivity index (χ0) is 14.3. The van der Waals surface area contributed by atoms with Crippen molar-refractivity contribution in [3.8, 4) is 12.0 Å². The van der Waals surface area contributed by atoms with Crippen LogP contribution in [0.4, 0.5) is 5.95 Å². The van der Waals surface area contributed by atoms with Crippen LogP contribution in [-0.4, -0.2) is 55.3 Å². The van der Waals surface area contributed by atoms with Crippen LogP contribution in [0.15, 0.2) is 0 Å². The molecule has 19 heavy (non-hydrogen) atoms. The number of nitrogens with zero attached hydrogens (tertiary/aromatic N) is 4. The Kier molecular flexibility index (Phi) is 5.77. The zero-order valence-corrected chi connectivity index (χ0v) is 11.5. The lowest BCUT2D eigenvalue weighted by Gasteiger charge is -2.20. The van der Waals surface area contributed by atoms with Gasteiger partial charge in [-0.1, -0.05) is 0 Å². The molecule has 0 N–H and O–H groups in total. The van der Waals surface area contributed by atoms with E-state index in [9.17, 15) is 4.79 Å². The molecule has 1 aromatic heterocycles. The van der Waals surface area contributed by atoms with Gasteiger partial charge in [-0.2, -0.15) is 9.97 Å². The van der Waals surface area contributed by atoms with Crippen molar-refractivity contribution in [2.24, 2.45) is 0 Å². The Morgan fingerprint density at radius 3 is 2.11 bits per heavy atom. The summed E-state index contributed by atoms with van der Waals surface area (Å²) in [4.78, 5) is 25.1. The molecule has 0 amide bonds. The number of hydrogen-bond donors (Lipinski definition) is 0. The standard InChI is InChI=1S/C11H18N4O4/c1-5-15(7-6-8(16)17-2)9-12-10(18-3)14-11(13-9)19-4/h5-7H2,1-4H3. The fourth-order valence-electron chi connectivity index (χ4n) is 1.38. The molecule has 8 heteroatoms. The summed E-state index contributed by atoms with van der Waals surface area (Å²) in [5.41, 5.74) is 0. The summed E-state index contributed by atoms with van der Waals surface area (Å²) < 4.78 is 14.6. The second-order valence-electron chi connectivity index (χ2n) is 3.51. The van der Waals surface area contributed by atoms with Gasteiger partial charge in [-0.15, -0.1) is 4.98 Å². The number of ether oxygens (including phenoxy) is 3. The van der Waals surface area contributed by atoms with E-state index in [0.29, 0.717) is 19.0 Å². The minimum atomic E-state index is -0.286. The van der Waals surface area contributed by atoms with Crippen LogP contribution in [-0.2, 0) is 9.53 Å². The third-order valence-corrected chi connectivity index (χ3v) is 2.43. The molecule has 0 bridgehead atoms. The minimum Gasteiger partial charge on any atom is -0.469 e. The van der Waals surface area contributed by atoms with E-state index < -0.39 is 0 Å². The third-order valence-electron chi connectivity index (χ3n) is 2.43. The molecule has 106 valence electrons. The van der Waals surface area contributed by atoms with Crippen molar-refractivity contribution in [2.75, 3.05) is 39.3 Å². The van der Waals surface area contributed by atoms with Crippen molar-refractivity contribution in [2.45, 2.75) is 13.3 Å². The average molecular weight is 270 g/mol. The summed E-state index contributed by atoms with van der Waals surface area (Å²) in [6.45, 7) is 3.01. The van der Waals surface area contributed by atoms with E-state index in [-0.39, 0.29) is 24.4 Å². The van der Waals surface area contributed by atoms with E-state index in [1.807, 2.05) is 11.8 Å². The number of carbonyl (C=O) groups excluding carboxylic acids is 1. The van der Waals surface area contributed by atoms with Gasteiger partial charge in [0.2, 0.25) is 5.95 Å². The first-order valence-corrected chi connectivity index (χ1v) is 5.80. The van der Waals surface area contributed by atoms with Gasteiger partial charge in [0.1, 0.15) is 0 Å². The topological polar surface area (TPSA) is 86.7 Å². The molecule has 1 heterocycles. The lowest BCUT2D eigenvalue weighted by atomic mass is 10.4. The largest absolute Gasteiger partial charge is 0.469 e. The zero-order valence-electron chi connectivity index (χ0n) is 11.5. The Morgan fingerprint density at radius 2 is 1.68 bits per heavy atom. The molecule has 0 fully saturated rings. The second kappa shape index (κ2) is 7.34. The van der Waals surface area contributed by atoms with Gasteiger partial charge >= 0.3 is 18.0 Å². The molecular formula is C11H18N4O4. The molecule has 0 saturated carbocycles. The number of anilines is 1. The first-order chi connectivity index (χ1) is 9.14. The van der Waals surface area contributed by atoms with Crippen LogP contribution in [0.2, 0.25) is 0 Å². The monoisotopic (exact) mass is 270 g/mol. The van der Waals surface area contributed by atoms with Gasteiger partial charge < -0.3 is 19.1 Å². The molecule has 0 aliphatic rings. The molecule has 0 atom stereocenters. The van der Waals surface area contributed by atoms with E-state index in [2.05, 4.69) is 19.7 Å². The second-order valence-corrected chi connectivity index (χ2v) is 3.51. The normalized spacial score (nSPS) is 9.89. The average Bonchev–Trinajstić information content (AvgIpc) is 2.46. The molecule has 0 radical (unpaired) electrons. The fraction of sp³-hybridized carbons (Fsp3) is 0.636. The molecule has 8 nitrogen and oxygen atoms in total. The van der Waals surface area contributed by atoms with Crippen LogP contribution in [0.5, 0.6) is 12.0 Å². The summed E-state index contributed by atoms with van der Waals surface area (Å²) in [6, 6.07) is 0.330. The van der Waals surface area contributed by atoms with Crippen LogP contribution in [0.1, 0.15) is 13.3 Å². The third kappa shape index (κ3) is 4.23. The maximum Gasteiger partial charge on any atom is 0.324 e. The summed E-state index contributed by atoms with van der Waals surface area (Å²) in [7, 11) is 4.28. The SMILES string of the molecule is CCN(CCC(=O)OC)c1nc(OC)nc(OC)n1. The van der Waals surface area contributed by atoms with Crippen molar-refractivity contribution < 1.29 is 19.0 Å². The molecule has 0 aliphatic carbocycles. The van der Waals surface area contributed by atoms with Gasteiger partial charge in [0.05, 0.1) is 27.8 Å². The highest BCUT2D eigenvalue weighted by Crippen LogP contribution is 2.16. The Bertz CT molecular complexity index is 405. The molecule has 0 saturated heterocycles. The Labute approximate surface area is 111 Å². The van der Waals surface area contributed by atoms with Crippen LogP contribution >= 0.6 is 0 Å². The highest BCUT2D eigenvalue weighted by molar-refractivity contribution is 5.69. The van der Waals surface area contributed by atoms with Crippen LogP contribution in [0.25, 0.3) is 0 Å². The molecule has 1 aromatic rings. The molecular weight excluding hydrogens is 252 g/mol. The Morgan fingerprint density at radius 1 is 1.11 bits per heavy atom. The molecule has 0 spiro atoms. The van der Waals surface area contributed by atoms with Gasteiger partial charge in [0, 0.05) is 13.1 Å². The van der Waals surface area contributed by atoms with Crippen molar-refractivity contribution in [3.05, 3.63) is 0 Å². The van der Waals surface area contributed by atoms with Gasteiger partial charge in [-0.25, -0.2) is 0 Å². The van der Waals surface area contributed by atoms with Gasteiger partial charge in [-0.05, 0) is 6.92 Å². The van der Waals surface area contributed by atoms with Gasteiger partial charge in [0.25, 0.3) is 0 Å². The van der Waals surface area contributed by atoms with E-state index >= 15 is 0 Å². The number of carbonyl (C=O) groups is 1. The number of methoxy groups -OCH3 is 3. The number of hydrogen-bond acceptors (Lipinski definition) is 8. The molecule has 0 aliphatic heterocycles. The van der Waals surface area contributed by atoms with E-state index in [0.717, 1.165) is 0 Å². The number of aromatic nitrogens is 3. The first kappa shape index (κ1) is 14.9. The summed E-state index contributed by atoms with van der Waals surface area (Å²) in [6.07, 6.45) is 0.251. The van der Waals surface area contributed by atoms with Crippen LogP contribution in [0.3, 0.4) is 0 Å². The minimum absolute atomic E-state index is 0.165. The lowest BCUT2D eigenvalue weighted by Crippen LogP contribution is -2.28. The highest BCUT2D eigenvalue weighted by atomic mass is 16.5. The highest BCUT2D eigenvalue weighted by Gasteiger charge is 2.14. The van der Waals surface area contributed by atoms with E-state index in [1.54, 1.807) is 0 Å². The predicted octanol–water partition coefficient (Wildman–Crippen LogP) is 0.278. The maximum absolute atomic E-state index is 11.2. The number of rotatable bonds is 7. The van der Waals surface area contributed by atoms with Crippen LogP contribution in [0, 0.1) is 0 Å². The Hall–Kier alpha value is -2.12. The first-order valence-electron chi connectivity index (χ1n) is 5.80. The van der Waals surface area contributed by atoms with E-state index in [4.69, 9.17) is 9.47 Å². The number of esters is 1. The molecule has 0 unspecified atom stereocenters. The lowest BCUT2D eigenvalue weighted by molar-refractivity contribution is -0.140.